The summed E-state index contributed by atoms with van der Waals surface area (Å²) in [5, 5.41) is 2.79. The van der Waals surface area contributed by atoms with E-state index >= 15 is 0 Å². The molecule has 156 valence electrons. The number of nitrogens with one attached hydrogen (secondary N) is 1. The second kappa shape index (κ2) is 10.9. The first kappa shape index (κ1) is 22.1. The molecule has 0 aliphatic heterocycles. The van der Waals surface area contributed by atoms with Gasteiger partial charge in [0, 0.05) is 18.8 Å². The maximum absolute atomic E-state index is 12.4. The summed E-state index contributed by atoms with van der Waals surface area (Å²) in [5.41, 5.74) is 1.41. The summed E-state index contributed by atoms with van der Waals surface area (Å²) in [6.45, 7) is 4.72. The van der Waals surface area contributed by atoms with Gasteiger partial charge in [-0.2, -0.15) is 0 Å². The van der Waals surface area contributed by atoms with Crippen LogP contribution in [-0.4, -0.2) is 50.6 Å². The zero-order valence-corrected chi connectivity index (χ0v) is 17.4. The van der Waals surface area contributed by atoms with Gasteiger partial charge in [-0.3, -0.25) is 9.59 Å². The summed E-state index contributed by atoms with van der Waals surface area (Å²) < 4.78 is 16.3. The normalized spacial score (nSPS) is 10.2. The minimum absolute atomic E-state index is 0.0556. The predicted molar refractivity (Wildman–Crippen MR) is 112 cm³/mol. The van der Waals surface area contributed by atoms with Gasteiger partial charge in [0.2, 0.25) is 11.8 Å². The molecular formula is C22H28N2O5. The highest BCUT2D eigenvalue weighted by Gasteiger charge is 2.15. The summed E-state index contributed by atoms with van der Waals surface area (Å²) in [6, 6.07) is 12.5. The van der Waals surface area contributed by atoms with Crippen LogP contribution in [0.25, 0.3) is 0 Å². The predicted octanol–water partition coefficient (Wildman–Crippen LogP) is 3.13. The number of carbonyl (C=O) groups excluding carboxylic acids is 2. The summed E-state index contributed by atoms with van der Waals surface area (Å²) >= 11 is 0. The van der Waals surface area contributed by atoms with Crippen molar-refractivity contribution in [3.63, 3.8) is 0 Å². The van der Waals surface area contributed by atoms with Crippen LogP contribution in [0.2, 0.25) is 0 Å². The smallest absolute Gasteiger partial charge is 0.243 e. The maximum atomic E-state index is 12.4. The van der Waals surface area contributed by atoms with Gasteiger partial charge in [0.25, 0.3) is 0 Å². The molecule has 1 N–H and O–H groups in total. The molecule has 0 saturated heterocycles. The molecule has 2 aromatic rings. The van der Waals surface area contributed by atoms with Crippen molar-refractivity contribution < 1.29 is 23.8 Å². The van der Waals surface area contributed by atoms with E-state index in [1.165, 1.54) is 4.90 Å². The summed E-state index contributed by atoms with van der Waals surface area (Å²) in [7, 11) is 3.18. The van der Waals surface area contributed by atoms with E-state index in [1.54, 1.807) is 38.4 Å². The zero-order chi connectivity index (χ0) is 21.2. The third-order valence-electron chi connectivity index (χ3n) is 4.12. The van der Waals surface area contributed by atoms with E-state index in [2.05, 4.69) is 5.32 Å². The van der Waals surface area contributed by atoms with E-state index < -0.39 is 0 Å². The maximum Gasteiger partial charge on any atom is 0.243 e. The van der Waals surface area contributed by atoms with Crippen molar-refractivity contribution in [2.45, 2.75) is 20.3 Å². The minimum Gasteiger partial charge on any atom is -0.497 e. The van der Waals surface area contributed by atoms with Crippen LogP contribution in [0, 0.1) is 0 Å². The molecule has 0 aliphatic rings. The lowest BCUT2D eigenvalue weighted by Crippen LogP contribution is -2.35. The highest BCUT2D eigenvalue weighted by molar-refractivity contribution is 5.95. The third-order valence-corrected chi connectivity index (χ3v) is 4.12. The molecule has 2 aromatic carbocycles. The van der Waals surface area contributed by atoms with E-state index in [1.807, 2.05) is 32.0 Å². The molecule has 0 saturated carbocycles. The lowest BCUT2D eigenvalue weighted by Gasteiger charge is -2.18. The molecule has 0 bridgehead atoms. The number of carbonyl (C=O) groups is 2. The Balaban J connectivity index is 1.95. The van der Waals surface area contributed by atoms with Gasteiger partial charge in [0.15, 0.2) is 11.5 Å². The van der Waals surface area contributed by atoms with Gasteiger partial charge in [-0.15, -0.1) is 0 Å². The molecule has 7 nitrogen and oxygen atoms in total. The van der Waals surface area contributed by atoms with Gasteiger partial charge in [-0.25, -0.2) is 0 Å². The Hall–Kier alpha value is -3.22. The molecule has 0 aliphatic carbocycles. The van der Waals surface area contributed by atoms with Crippen LogP contribution in [0.5, 0.6) is 17.2 Å². The van der Waals surface area contributed by atoms with E-state index in [-0.39, 0.29) is 24.8 Å². The first-order valence-electron chi connectivity index (χ1n) is 9.53. The molecule has 0 fully saturated rings. The Bertz CT molecular complexity index is 838. The Morgan fingerprint density at radius 2 is 1.72 bits per heavy atom. The van der Waals surface area contributed by atoms with E-state index in [0.29, 0.717) is 36.1 Å². The molecular weight excluding hydrogens is 372 g/mol. The van der Waals surface area contributed by atoms with Crippen LogP contribution in [-0.2, 0) is 16.0 Å². The number of methoxy groups -OCH3 is 1. The second-order valence-electron chi connectivity index (χ2n) is 6.35. The molecule has 7 heteroatoms. The fourth-order valence-electron chi connectivity index (χ4n) is 2.72. The average molecular weight is 400 g/mol. The highest BCUT2D eigenvalue weighted by atomic mass is 16.5. The zero-order valence-electron chi connectivity index (χ0n) is 17.4. The van der Waals surface area contributed by atoms with Gasteiger partial charge in [0.1, 0.15) is 5.75 Å². The van der Waals surface area contributed by atoms with Crippen LogP contribution in [0.15, 0.2) is 42.5 Å². The van der Waals surface area contributed by atoms with Crippen molar-refractivity contribution in [1.82, 2.24) is 4.90 Å². The number of hydrogen-bond donors (Lipinski definition) is 1. The minimum atomic E-state index is -0.293. The van der Waals surface area contributed by atoms with E-state index in [4.69, 9.17) is 14.2 Å². The van der Waals surface area contributed by atoms with Crippen molar-refractivity contribution in [1.29, 1.82) is 0 Å². The quantitative estimate of drug-likeness (QED) is 0.663. The van der Waals surface area contributed by atoms with E-state index in [9.17, 15) is 9.59 Å². The number of likely N-dealkylation sites (N-methyl/N-ethyl adjacent to an activating group) is 1. The highest BCUT2D eigenvalue weighted by Crippen LogP contribution is 2.30. The SMILES string of the molecule is CCOc1ccc(NC(=O)CN(C)C(=O)Cc2cccc(OC)c2)cc1OCC. The number of amides is 2. The number of hydrogen-bond acceptors (Lipinski definition) is 5. The Kier molecular flexibility index (Phi) is 8.33. The molecule has 29 heavy (non-hydrogen) atoms. The molecule has 0 atom stereocenters. The topological polar surface area (TPSA) is 77.1 Å². The Labute approximate surface area is 171 Å². The van der Waals surface area contributed by atoms with Gasteiger partial charge in [0.05, 0.1) is 33.3 Å². The number of anilines is 1. The molecule has 0 radical (unpaired) electrons. The van der Waals surface area contributed by atoms with Crippen molar-refractivity contribution >= 4 is 17.5 Å². The van der Waals surface area contributed by atoms with Crippen LogP contribution in [0.3, 0.4) is 0 Å². The van der Waals surface area contributed by atoms with Crippen LogP contribution >= 0.6 is 0 Å². The van der Waals surface area contributed by atoms with Crippen LogP contribution in [0.4, 0.5) is 5.69 Å². The molecule has 0 unspecified atom stereocenters. The average Bonchev–Trinajstić information content (AvgIpc) is 2.70. The van der Waals surface area contributed by atoms with Gasteiger partial charge in [-0.05, 0) is 43.7 Å². The van der Waals surface area contributed by atoms with Crippen molar-refractivity contribution in [3.05, 3.63) is 48.0 Å². The number of ether oxygens (including phenoxy) is 3. The third kappa shape index (κ3) is 6.71. The molecule has 0 aromatic heterocycles. The molecule has 0 spiro atoms. The fourth-order valence-corrected chi connectivity index (χ4v) is 2.72. The fraction of sp³-hybridized carbons (Fsp3) is 0.364. The Morgan fingerprint density at radius 3 is 2.41 bits per heavy atom. The van der Waals surface area contributed by atoms with Crippen molar-refractivity contribution in [2.75, 3.05) is 39.2 Å². The summed E-state index contributed by atoms with van der Waals surface area (Å²) in [6.07, 6.45) is 0.193. The molecule has 2 amide bonds. The number of rotatable bonds is 10. The largest absolute Gasteiger partial charge is 0.497 e. The van der Waals surface area contributed by atoms with E-state index in [0.717, 1.165) is 5.56 Å². The number of benzene rings is 2. The van der Waals surface area contributed by atoms with Crippen LogP contribution < -0.4 is 19.5 Å². The number of nitrogens with zero attached hydrogens (tertiary/aromatic N) is 1. The summed E-state index contributed by atoms with van der Waals surface area (Å²) in [5.74, 6) is 1.43. The lowest BCUT2D eigenvalue weighted by atomic mass is 10.1. The Morgan fingerprint density at radius 1 is 1.00 bits per heavy atom. The monoisotopic (exact) mass is 400 g/mol. The molecule has 0 heterocycles. The molecule has 2 rings (SSSR count). The van der Waals surface area contributed by atoms with Crippen LogP contribution in [0.1, 0.15) is 19.4 Å². The van der Waals surface area contributed by atoms with Gasteiger partial charge >= 0.3 is 0 Å². The lowest BCUT2D eigenvalue weighted by molar-refractivity contribution is -0.132. The summed E-state index contributed by atoms with van der Waals surface area (Å²) in [4.78, 5) is 26.2. The van der Waals surface area contributed by atoms with Gasteiger partial charge < -0.3 is 24.4 Å². The van der Waals surface area contributed by atoms with Gasteiger partial charge in [-0.1, -0.05) is 12.1 Å². The van der Waals surface area contributed by atoms with Crippen molar-refractivity contribution in [2.24, 2.45) is 0 Å². The first-order chi connectivity index (χ1) is 14.0. The standard InChI is InChI=1S/C22H28N2O5/c1-5-28-19-11-10-17(14-20(19)29-6-2)23-21(25)15-24(3)22(26)13-16-8-7-9-18(12-16)27-4/h7-12,14H,5-6,13,15H2,1-4H3,(H,23,25). The first-order valence-corrected chi connectivity index (χ1v) is 9.53. The van der Waals surface area contributed by atoms with Crippen molar-refractivity contribution in [3.8, 4) is 17.2 Å². The second-order valence-corrected chi connectivity index (χ2v) is 6.35.